The summed E-state index contributed by atoms with van der Waals surface area (Å²) in [5.41, 5.74) is 8.16. The van der Waals surface area contributed by atoms with Crippen molar-refractivity contribution in [2.75, 3.05) is 0 Å². The van der Waals surface area contributed by atoms with Crippen LogP contribution < -0.4 is 0 Å². The van der Waals surface area contributed by atoms with Crippen molar-refractivity contribution in [3.05, 3.63) is 58.7 Å². The van der Waals surface area contributed by atoms with Gasteiger partial charge in [-0.25, -0.2) is 0 Å². The zero-order valence-electron chi connectivity index (χ0n) is 23.7. The molecule has 36 heavy (non-hydrogen) atoms. The average Bonchev–Trinajstić information content (AvgIpc) is 2.79. The van der Waals surface area contributed by atoms with E-state index >= 15 is 0 Å². The molecular weight excluding hydrogens is 483 g/mol. The van der Waals surface area contributed by atoms with Gasteiger partial charge in [-0.2, -0.15) is 0 Å². The van der Waals surface area contributed by atoms with Crippen molar-refractivity contribution < 1.29 is 16.5 Å². The van der Waals surface area contributed by atoms with Crippen molar-refractivity contribution in [3.8, 4) is 0 Å². The molecule has 0 spiro atoms. The van der Waals surface area contributed by atoms with Crippen LogP contribution in [0.25, 0.3) is 0 Å². The zero-order valence-corrected chi connectivity index (χ0v) is 24.6. The molecule has 2 nitrogen and oxygen atoms in total. The number of nitrogens with zero attached hydrogens (tertiary/aromatic N) is 2. The molecule has 0 aliphatic rings. The van der Waals surface area contributed by atoms with Crippen LogP contribution >= 0.6 is 0 Å². The third kappa shape index (κ3) is 14.7. The van der Waals surface area contributed by atoms with Gasteiger partial charge in [0.2, 0.25) is 0 Å². The Kier molecular flexibility index (Phi) is 17.4. The normalized spacial score (nSPS) is 11.8. The van der Waals surface area contributed by atoms with Crippen LogP contribution in [0, 0.1) is 27.7 Å². The Morgan fingerprint density at radius 1 is 0.556 bits per heavy atom. The van der Waals surface area contributed by atoms with E-state index < -0.39 is 0 Å². The molecule has 0 fully saturated rings. The standard InChI is InChI=1S/C33H50N2.Ni/c1-6-7-8-9-10-11-12-13-14-15-16-17-18-19-31(35-33-24-29(4)21-30(5)25-33)26-34-32-22-27(2)20-28(3)23-32;/h20-26H,6-19H2,1-5H3;. The van der Waals surface area contributed by atoms with Gasteiger partial charge in [0.15, 0.2) is 0 Å². The molecule has 0 aliphatic carbocycles. The second-order valence-corrected chi connectivity index (χ2v) is 10.5. The van der Waals surface area contributed by atoms with E-state index in [0.717, 1.165) is 23.5 Å². The average molecular weight is 533 g/mol. The molecule has 3 heteroatoms. The molecule has 0 amide bonds. The van der Waals surface area contributed by atoms with E-state index in [0.29, 0.717) is 0 Å². The second-order valence-electron chi connectivity index (χ2n) is 10.5. The first-order valence-corrected chi connectivity index (χ1v) is 14.2. The van der Waals surface area contributed by atoms with Gasteiger partial charge >= 0.3 is 0 Å². The first-order valence-electron chi connectivity index (χ1n) is 14.2. The van der Waals surface area contributed by atoms with Crippen molar-refractivity contribution in [2.24, 2.45) is 9.98 Å². The minimum Gasteiger partial charge on any atom is -0.255 e. The SMILES string of the molecule is CCCCCCCCCCCCCCCC(C=Nc1cc(C)cc(C)c1)=Nc1cc(C)cc(C)c1.[Ni]. The number of hydrogen-bond donors (Lipinski definition) is 0. The van der Waals surface area contributed by atoms with Crippen LogP contribution in [-0.2, 0) is 16.5 Å². The van der Waals surface area contributed by atoms with Crippen molar-refractivity contribution in [1.29, 1.82) is 0 Å². The number of unbranched alkanes of at least 4 members (excludes halogenated alkanes) is 12. The number of rotatable bonds is 17. The molecule has 0 bridgehead atoms. The molecule has 0 N–H and O–H groups in total. The fourth-order valence-corrected chi connectivity index (χ4v) is 4.83. The Hall–Kier alpha value is -1.73. The molecule has 2 aromatic rings. The minimum absolute atomic E-state index is 0. The summed E-state index contributed by atoms with van der Waals surface area (Å²) in [5.74, 6) is 0. The van der Waals surface area contributed by atoms with Crippen LogP contribution in [0.4, 0.5) is 11.4 Å². The van der Waals surface area contributed by atoms with Crippen molar-refractivity contribution >= 4 is 23.3 Å². The second kappa shape index (κ2) is 19.4. The van der Waals surface area contributed by atoms with Crippen LogP contribution in [0.2, 0.25) is 0 Å². The Balaban J connectivity index is 0.00000648. The first kappa shape index (κ1) is 32.3. The monoisotopic (exact) mass is 532 g/mol. The third-order valence-electron chi connectivity index (χ3n) is 6.58. The molecular formula is C33H50N2Ni. The van der Waals surface area contributed by atoms with Crippen molar-refractivity contribution in [3.63, 3.8) is 0 Å². The Morgan fingerprint density at radius 3 is 1.39 bits per heavy atom. The van der Waals surface area contributed by atoms with E-state index in [1.54, 1.807) is 0 Å². The van der Waals surface area contributed by atoms with Gasteiger partial charge in [0.25, 0.3) is 0 Å². The van der Waals surface area contributed by atoms with E-state index in [1.165, 1.54) is 106 Å². The maximum atomic E-state index is 5.00. The molecule has 2 rings (SSSR count). The first-order chi connectivity index (χ1) is 17.0. The van der Waals surface area contributed by atoms with E-state index in [9.17, 15) is 0 Å². The van der Waals surface area contributed by atoms with Gasteiger partial charge in [-0.1, -0.05) is 96.1 Å². The van der Waals surface area contributed by atoms with Gasteiger partial charge in [-0.05, 0) is 87.1 Å². The van der Waals surface area contributed by atoms with E-state index in [-0.39, 0.29) is 16.5 Å². The van der Waals surface area contributed by atoms with Gasteiger partial charge in [-0.15, -0.1) is 0 Å². The van der Waals surface area contributed by atoms with Crippen LogP contribution in [0.15, 0.2) is 46.4 Å². The largest absolute Gasteiger partial charge is 0.255 e. The number of benzene rings is 2. The zero-order chi connectivity index (χ0) is 25.3. The molecule has 0 unspecified atom stereocenters. The fourth-order valence-electron chi connectivity index (χ4n) is 4.83. The van der Waals surface area contributed by atoms with Gasteiger partial charge in [0.1, 0.15) is 0 Å². The number of aryl methyl sites for hydroxylation is 4. The van der Waals surface area contributed by atoms with Gasteiger partial charge in [0.05, 0.1) is 17.1 Å². The maximum Gasteiger partial charge on any atom is 0.0638 e. The molecule has 0 atom stereocenters. The maximum absolute atomic E-state index is 5.00. The van der Waals surface area contributed by atoms with Gasteiger partial charge in [0, 0.05) is 22.7 Å². The molecule has 0 aromatic heterocycles. The molecule has 2 aromatic carbocycles. The van der Waals surface area contributed by atoms with Crippen molar-refractivity contribution in [1.82, 2.24) is 0 Å². The van der Waals surface area contributed by atoms with E-state index in [4.69, 9.17) is 9.98 Å². The summed E-state index contributed by atoms with van der Waals surface area (Å²) < 4.78 is 0. The quantitative estimate of drug-likeness (QED) is 0.110. The van der Waals surface area contributed by atoms with Crippen LogP contribution in [0.1, 0.15) is 119 Å². The van der Waals surface area contributed by atoms with Crippen molar-refractivity contribution in [2.45, 2.75) is 125 Å². The Morgan fingerprint density at radius 2 is 0.944 bits per heavy atom. The molecule has 0 heterocycles. The summed E-state index contributed by atoms with van der Waals surface area (Å²) in [6.07, 6.45) is 20.9. The fraction of sp³-hybridized carbons (Fsp3) is 0.576. The molecule has 0 aliphatic heterocycles. The molecule has 202 valence electrons. The van der Waals surface area contributed by atoms with E-state index in [1.807, 2.05) is 6.21 Å². The van der Waals surface area contributed by atoms with E-state index in [2.05, 4.69) is 71.0 Å². The Bertz CT molecular complexity index is 889. The predicted octanol–water partition coefficient (Wildman–Crippen LogP) is 10.9. The summed E-state index contributed by atoms with van der Waals surface area (Å²) in [6.45, 7) is 10.8. The number of aliphatic imine (C=N–C) groups is 2. The topological polar surface area (TPSA) is 24.7 Å². The summed E-state index contributed by atoms with van der Waals surface area (Å²) in [6, 6.07) is 13.0. The summed E-state index contributed by atoms with van der Waals surface area (Å²) in [7, 11) is 0. The van der Waals surface area contributed by atoms with Gasteiger partial charge in [-0.3, -0.25) is 9.98 Å². The molecule has 0 saturated heterocycles. The smallest absolute Gasteiger partial charge is 0.0638 e. The summed E-state index contributed by atoms with van der Waals surface area (Å²) in [5, 5.41) is 0. The van der Waals surface area contributed by atoms with Gasteiger partial charge < -0.3 is 0 Å². The third-order valence-corrected chi connectivity index (χ3v) is 6.58. The van der Waals surface area contributed by atoms with Crippen LogP contribution in [0.3, 0.4) is 0 Å². The number of hydrogen-bond acceptors (Lipinski definition) is 2. The molecule has 0 radical (unpaired) electrons. The Labute approximate surface area is 232 Å². The van der Waals surface area contributed by atoms with Crippen LogP contribution in [0.5, 0.6) is 0 Å². The minimum atomic E-state index is 0. The summed E-state index contributed by atoms with van der Waals surface area (Å²) >= 11 is 0. The molecule has 0 saturated carbocycles. The van der Waals surface area contributed by atoms with Crippen LogP contribution in [-0.4, -0.2) is 11.9 Å². The summed E-state index contributed by atoms with van der Waals surface area (Å²) in [4.78, 5) is 9.80. The predicted molar refractivity (Wildman–Crippen MR) is 157 cm³/mol.